The van der Waals surface area contributed by atoms with E-state index in [1.165, 1.54) is 27.8 Å². The van der Waals surface area contributed by atoms with Gasteiger partial charge < -0.3 is 0 Å². The molecule has 2 heterocycles. The van der Waals surface area contributed by atoms with E-state index in [9.17, 15) is 0 Å². The van der Waals surface area contributed by atoms with Crippen molar-refractivity contribution >= 4 is 0 Å². The first-order valence-electron chi connectivity index (χ1n) is 11.1. The van der Waals surface area contributed by atoms with Gasteiger partial charge in [-0.25, -0.2) is 4.68 Å². The van der Waals surface area contributed by atoms with E-state index in [0.717, 1.165) is 25.2 Å². The fourth-order valence-electron chi connectivity index (χ4n) is 5.43. The molecule has 6 rings (SSSR count). The number of nitrogens with zero attached hydrogens (tertiary/aromatic N) is 5. The highest BCUT2D eigenvalue weighted by Crippen LogP contribution is 2.50. The Labute approximate surface area is 182 Å². The molecule has 0 radical (unpaired) electrons. The van der Waals surface area contributed by atoms with Gasteiger partial charge in [0.1, 0.15) is 0 Å². The average molecular weight is 408 g/mol. The van der Waals surface area contributed by atoms with Crippen LogP contribution in [0.15, 0.2) is 78.9 Å². The zero-order valence-corrected chi connectivity index (χ0v) is 17.6. The van der Waals surface area contributed by atoms with Gasteiger partial charge in [-0.2, -0.15) is 0 Å². The number of likely N-dealkylation sites (tertiary alicyclic amines) is 1. The highest BCUT2D eigenvalue weighted by molar-refractivity contribution is 5.78. The van der Waals surface area contributed by atoms with Crippen LogP contribution in [0.5, 0.6) is 0 Å². The molecule has 1 aromatic heterocycles. The molecule has 5 heteroatoms. The predicted octanol–water partition coefficient (Wildman–Crippen LogP) is 5.19. The fourth-order valence-corrected chi connectivity index (χ4v) is 5.43. The zero-order chi connectivity index (χ0) is 20.8. The van der Waals surface area contributed by atoms with Crippen molar-refractivity contribution in [2.24, 2.45) is 0 Å². The minimum Gasteiger partial charge on any atom is -0.282 e. The van der Waals surface area contributed by atoms with Crippen LogP contribution >= 0.6 is 0 Å². The summed E-state index contributed by atoms with van der Waals surface area (Å²) in [4.78, 5) is 2.62. The summed E-state index contributed by atoms with van der Waals surface area (Å²) in [5, 5.41) is 13.1. The zero-order valence-electron chi connectivity index (χ0n) is 17.6. The molecule has 1 aliphatic heterocycles. The number of benzene rings is 3. The standard InChI is InChI=1S/C26H25N5/c1-18(19-10-3-2-4-11-19)31-26(27-28-29-31)24-16-9-17-30(24)25-22-14-7-5-12-20(22)21-13-6-8-15-23(21)25/h2-8,10-15,18,24-25H,9,16-17H2,1H3/t18-,24-/m0/s1. The second kappa shape index (κ2) is 7.43. The number of hydrogen-bond donors (Lipinski definition) is 0. The van der Waals surface area contributed by atoms with Gasteiger partial charge in [-0.3, -0.25) is 4.90 Å². The maximum Gasteiger partial charge on any atom is 0.169 e. The lowest BCUT2D eigenvalue weighted by atomic mass is 10.0. The number of aromatic nitrogens is 4. The van der Waals surface area contributed by atoms with Crippen LogP contribution in [0.1, 0.15) is 60.4 Å². The first-order chi connectivity index (χ1) is 15.3. The molecule has 1 saturated heterocycles. The van der Waals surface area contributed by atoms with E-state index in [2.05, 4.69) is 100 Å². The Hall–Kier alpha value is -3.31. The van der Waals surface area contributed by atoms with Gasteiger partial charge in [-0.15, -0.1) is 5.10 Å². The quantitative estimate of drug-likeness (QED) is 0.467. The molecule has 0 saturated carbocycles. The van der Waals surface area contributed by atoms with Gasteiger partial charge in [-0.05, 0) is 64.6 Å². The van der Waals surface area contributed by atoms with E-state index in [1.54, 1.807) is 0 Å². The molecule has 0 N–H and O–H groups in total. The first kappa shape index (κ1) is 18.5. The molecule has 5 nitrogen and oxygen atoms in total. The molecular weight excluding hydrogens is 382 g/mol. The van der Waals surface area contributed by atoms with Crippen LogP contribution < -0.4 is 0 Å². The average Bonchev–Trinajstić information content (AvgIpc) is 3.55. The lowest BCUT2D eigenvalue weighted by molar-refractivity contribution is 0.198. The molecule has 4 aromatic rings. The number of hydrogen-bond acceptors (Lipinski definition) is 4. The summed E-state index contributed by atoms with van der Waals surface area (Å²) in [6.07, 6.45) is 2.22. The molecule has 0 unspecified atom stereocenters. The van der Waals surface area contributed by atoms with Crippen molar-refractivity contribution in [1.82, 2.24) is 25.1 Å². The Morgan fingerprint density at radius 1 is 0.839 bits per heavy atom. The molecule has 1 fully saturated rings. The maximum absolute atomic E-state index is 4.54. The van der Waals surface area contributed by atoms with Crippen LogP contribution in [-0.4, -0.2) is 31.7 Å². The van der Waals surface area contributed by atoms with Crippen molar-refractivity contribution in [3.05, 3.63) is 101 Å². The SMILES string of the molecule is C[C@@H](c1ccccc1)n1nnnc1[C@@H]1CCCN1C1c2ccccc2-c2ccccc21. The summed E-state index contributed by atoms with van der Waals surface area (Å²) >= 11 is 0. The largest absolute Gasteiger partial charge is 0.282 e. The number of rotatable bonds is 4. The molecule has 1 aliphatic carbocycles. The van der Waals surface area contributed by atoms with Gasteiger partial charge in [-0.1, -0.05) is 78.9 Å². The Kier molecular flexibility index (Phi) is 4.42. The van der Waals surface area contributed by atoms with E-state index in [4.69, 9.17) is 0 Å². The van der Waals surface area contributed by atoms with Crippen LogP contribution in [0.4, 0.5) is 0 Å². The third-order valence-corrected chi connectivity index (χ3v) is 6.89. The molecule has 154 valence electrons. The van der Waals surface area contributed by atoms with Crippen molar-refractivity contribution in [3.8, 4) is 11.1 Å². The topological polar surface area (TPSA) is 46.8 Å². The van der Waals surface area contributed by atoms with Crippen molar-refractivity contribution in [3.63, 3.8) is 0 Å². The molecule has 0 spiro atoms. The Morgan fingerprint density at radius 3 is 2.19 bits per heavy atom. The van der Waals surface area contributed by atoms with E-state index >= 15 is 0 Å². The minimum atomic E-state index is 0.0943. The molecule has 3 aromatic carbocycles. The lowest BCUT2D eigenvalue weighted by Gasteiger charge is -2.31. The van der Waals surface area contributed by atoms with Crippen LogP contribution in [0.3, 0.4) is 0 Å². The van der Waals surface area contributed by atoms with E-state index < -0.39 is 0 Å². The Balaban J connectivity index is 1.41. The van der Waals surface area contributed by atoms with Crippen LogP contribution in [0.2, 0.25) is 0 Å². The van der Waals surface area contributed by atoms with Crippen LogP contribution in [-0.2, 0) is 0 Å². The van der Waals surface area contributed by atoms with Crippen LogP contribution in [0.25, 0.3) is 11.1 Å². The molecule has 0 amide bonds. The van der Waals surface area contributed by atoms with Gasteiger partial charge in [0.15, 0.2) is 5.82 Å². The highest BCUT2D eigenvalue weighted by Gasteiger charge is 2.41. The van der Waals surface area contributed by atoms with Gasteiger partial charge >= 0.3 is 0 Å². The second-order valence-electron chi connectivity index (χ2n) is 8.54. The highest BCUT2D eigenvalue weighted by atomic mass is 15.6. The summed E-state index contributed by atoms with van der Waals surface area (Å²) in [5.41, 5.74) is 6.71. The monoisotopic (exact) mass is 407 g/mol. The predicted molar refractivity (Wildman–Crippen MR) is 120 cm³/mol. The van der Waals surface area contributed by atoms with E-state index in [-0.39, 0.29) is 18.1 Å². The first-order valence-corrected chi connectivity index (χ1v) is 11.1. The molecule has 2 aliphatic rings. The normalized spacial score (nSPS) is 19.3. The molecule has 2 atom stereocenters. The Bertz CT molecular complexity index is 1170. The fraction of sp³-hybridized carbons (Fsp3) is 0.269. The lowest BCUT2D eigenvalue weighted by Crippen LogP contribution is -2.30. The number of tetrazole rings is 1. The van der Waals surface area contributed by atoms with Crippen molar-refractivity contribution in [2.75, 3.05) is 6.54 Å². The van der Waals surface area contributed by atoms with Gasteiger partial charge in [0.05, 0.1) is 18.1 Å². The van der Waals surface area contributed by atoms with E-state index in [1.807, 2.05) is 10.7 Å². The third kappa shape index (κ3) is 2.92. The van der Waals surface area contributed by atoms with Crippen molar-refractivity contribution in [2.45, 2.75) is 37.9 Å². The molecular formula is C26H25N5. The summed E-state index contributed by atoms with van der Waals surface area (Å²) in [6.45, 7) is 3.22. The molecule has 0 bridgehead atoms. The van der Waals surface area contributed by atoms with Crippen LogP contribution in [0, 0.1) is 0 Å². The summed E-state index contributed by atoms with van der Waals surface area (Å²) in [5.74, 6) is 0.968. The second-order valence-corrected chi connectivity index (χ2v) is 8.54. The van der Waals surface area contributed by atoms with Gasteiger partial charge in [0, 0.05) is 0 Å². The number of fused-ring (bicyclic) bond motifs is 3. The minimum absolute atomic E-state index is 0.0943. The summed E-state index contributed by atoms with van der Waals surface area (Å²) in [7, 11) is 0. The van der Waals surface area contributed by atoms with Crippen molar-refractivity contribution < 1.29 is 0 Å². The molecule has 31 heavy (non-hydrogen) atoms. The third-order valence-electron chi connectivity index (χ3n) is 6.89. The van der Waals surface area contributed by atoms with E-state index in [0.29, 0.717) is 0 Å². The van der Waals surface area contributed by atoms with Gasteiger partial charge in [0.2, 0.25) is 0 Å². The summed E-state index contributed by atoms with van der Waals surface area (Å²) < 4.78 is 2.02. The van der Waals surface area contributed by atoms with Crippen molar-refractivity contribution in [1.29, 1.82) is 0 Å². The van der Waals surface area contributed by atoms with Gasteiger partial charge in [0.25, 0.3) is 0 Å². The maximum atomic E-state index is 4.54. The Morgan fingerprint density at radius 2 is 1.48 bits per heavy atom. The smallest absolute Gasteiger partial charge is 0.169 e. The summed E-state index contributed by atoms with van der Waals surface area (Å²) in [6, 6.07) is 28.7.